The zero-order valence-corrected chi connectivity index (χ0v) is 17.8. The van der Waals surface area contributed by atoms with Gasteiger partial charge in [0, 0.05) is 28.9 Å². The molecule has 1 amide bonds. The van der Waals surface area contributed by atoms with Crippen molar-refractivity contribution in [3.8, 4) is 11.5 Å². The molecule has 0 radical (unpaired) electrons. The largest absolute Gasteiger partial charge is 0.486 e. The van der Waals surface area contributed by atoms with Crippen molar-refractivity contribution in [1.82, 2.24) is 4.57 Å². The van der Waals surface area contributed by atoms with Crippen molar-refractivity contribution >= 4 is 55.2 Å². The lowest BCUT2D eigenvalue weighted by Crippen LogP contribution is -2.19. The van der Waals surface area contributed by atoms with Gasteiger partial charge in [-0.3, -0.25) is 4.79 Å². The van der Waals surface area contributed by atoms with E-state index in [1.807, 2.05) is 30.3 Å². The summed E-state index contributed by atoms with van der Waals surface area (Å²) in [5.41, 5.74) is 1.56. The molecule has 1 aromatic heterocycles. The van der Waals surface area contributed by atoms with E-state index in [9.17, 15) is 4.79 Å². The molecule has 1 aliphatic heterocycles. The molecule has 0 aliphatic carbocycles. The predicted molar refractivity (Wildman–Crippen MR) is 113 cm³/mol. The number of hydrogen-bond acceptors (Lipinski definition) is 5. The number of aryl methyl sites for hydroxylation is 1. The van der Waals surface area contributed by atoms with Crippen LogP contribution in [0.15, 0.2) is 45.9 Å². The number of halogens is 1. The lowest BCUT2D eigenvalue weighted by atomic mass is 10.2. The Morgan fingerprint density at radius 1 is 1.26 bits per heavy atom. The molecule has 5 nitrogen and oxygen atoms in total. The molecule has 2 heterocycles. The number of aromatic nitrogens is 1. The van der Waals surface area contributed by atoms with Crippen molar-refractivity contribution in [2.24, 2.45) is 4.99 Å². The molecule has 0 fully saturated rings. The summed E-state index contributed by atoms with van der Waals surface area (Å²) < 4.78 is 15.3. The summed E-state index contributed by atoms with van der Waals surface area (Å²) in [4.78, 5) is 17.8. The Morgan fingerprint density at radius 3 is 2.74 bits per heavy atom. The molecule has 0 bridgehead atoms. The second kappa shape index (κ2) is 8.08. The Morgan fingerprint density at radius 2 is 2.00 bits per heavy atom. The average Bonchev–Trinajstić information content (AvgIpc) is 3.00. The standard InChI is InChI=1S/C19H17BrN2O3S2/c1-26-9-6-22-14-10-15-16(25-8-7-24-15)11-17(14)27-19(22)21-18(23)12-4-2-3-5-13(12)20/h2-5,10-11H,6-9H2,1H3. The van der Waals surface area contributed by atoms with Crippen LogP contribution in [0.3, 0.4) is 0 Å². The highest BCUT2D eigenvalue weighted by Gasteiger charge is 2.17. The normalized spacial score (nSPS) is 13.9. The van der Waals surface area contributed by atoms with Crippen LogP contribution in [0.5, 0.6) is 11.5 Å². The smallest absolute Gasteiger partial charge is 0.280 e. The monoisotopic (exact) mass is 464 g/mol. The van der Waals surface area contributed by atoms with E-state index >= 15 is 0 Å². The van der Waals surface area contributed by atoms with Crippen LogP contribution in [0.1, 0.15) is 10.4 Å². The predicted octanol–water partition coefficient (Wildman–Crippen LogP) is 4.34. The van der Waals surface area contributed by atoms with Gasteiger partial charge in [-0.2, -0.15) is 16.8 Å². The molecule has 0 unspecified atom stereocenters. The van der Waals surface area contributed by atoms with Crippen molar-refractivity contribution in [3.05, 3.63) is 51.2 Å². The minimum atomic E-state index is -0.260. The first-order chi connectivity index (χ1) is 13.2. The number of rotatable bonds is 4. The van der Waals surface area contributed by atoms with Gasteiger partial charge >= 0.3 is 0 Å². The van der Waals surface area contributed by atoms with Crippen LogP contribution in [0, 0.1) is 0 Å². The van der Waals surface area contributed by atoms with E-state index in [0.717, 1.165) is 38.5 Å². The molecule has 1 aliphatic rings. The highest BCUT2D eigenvalue weighted by atomic mass is 79.9. The van der Waals surface area contributed by atoms with Crippen LogP contribution in [-0.4, -0.2) is 35.7 Å². The fourth-order valence-corrected chi connectivity index (χ4v) is 4.76. The summed E-state index contributed by atoms with van der Waals surface area (Å²) in [5.74, 6) is 2.16. The number of thiazole rings is 1. The summed E-state index contributed by atoms with van der Waals surface area (Å²) in [6.07, 6.45) is 2.07. The fraction of sp³-hybridized carbons (Fsp3) is 0.263. The third-order valence-corrected chi connectivity index (χ3v) is 6.49. The topological polar surface area (TPSA) is 52.8 Å². The third kappa shape index (κ3) is 3.79. The summed E-state index contributed by atoms with van der Waals surface area (Å²) in [6.45, 7) is 1.86. The van der Waals surface area contributed by atoms with Crippen molar-refractivity contribution < 1.29 is 14.3 Å². The molecule has 3 aromatic rings. The van der Waals surface area contributed by atoms with E-state index in [-0.39, 0.29) is 5.91 Å². The van der Waals surface area contributed by atoms with Gasteiger partial charge in [-0.15, -0.1) is 0 Å². The molecule has 2 aromatic carbocycles. The number of thioether (sulfide) groups is 1. The van der Waals surface area contributed by atoms with Crippen molar-refractivity contribution in [2.75, 3.05) is 25.2 Å². The van der Waals surface area contributed by atoms with Crippen LogP contribution >= 0.6 is 39.0 Å². The van der Waals surface area contributed by atoms with Gasteiger partial charge in [0.15, 0.2) is 16.3 Å². The van der Waals surface area contributed by atoms with Crippen molar-refractivity contribution in [3.63, 3.8) is 0 Å². The molecular formula is C19H17BrN2O3S2. The minimum absolute atomic E-state index is 0.260. The molecule has 0 N–H and O–H groups in total. The van der Waals surface area contributed by atoms with Crippen LogP contribution in [0.25, 0.3) is 10.2 Å². The second-order valence-electron chi connectivity index (χ2n) is 5.89. The van der Waals surface area contributed by atoms with Gasteiger partial charge in [-0.25, -0.2) is 0 Å². The Kier molecular flexibility index (Phi) is 5.56. The molecule has 4 rings (SSSR count). The van der Waals surface area contributed by atoms with Gasteiger partial charge in [0.25, 0.3) is 5.91 Å². The number of nitrogens with zero attached hydrogens (tertiary/aromatic N) is 2. The van der Waals surface area contributed by atoms with E-state index in [1.54, 1.807) is 17.8 Å². The molecular weight excluding hydrogens is 448 g/mol. The average molecular weight is 465 g/mol. The van der Waals surface area contributed by atoms with Gasteiger partial charge in [0.2, 0.25) is 0 Å². The van der Waals surface area contributed by atoms with E-state index in [1.165, 1.54) is 11.3 Å². The van der Waals surface area contributed by atoms with Crippen molar-refractivity contribution in [2.45, 2.75) is 6.54 Å². The lowest BCUT2D eigenvalue weighted by Gasteiger charge is -2.18. The zero-order valence-electron chi connectivity index (χ0n) is 14.6. The van der Waals surface area contributed by atoms with Gasteiger partial charge < -0.3 is 14.0 Å². The first-order valence-electron chi connectivity index (χ1n) is 8.43. The molecule has 0 atom stereocenters. The van der Waals surface area contributed by atoms with Crippen LogP contribution in [0.4, 0.5) is 0 Å². The summed E-state index contributed by atoms with van der Waals surface area (Å²) in [7, 11) is 0. The van der Waals surface area contributed by atoms with Gasteiger partial charge in [-0.1, -0.05) is 23.5 Å². The van der Waals surface area contributed by atoms with Crippen LogP contribution in [0.2, 0.25) is 0 Å². The van der Waals surface area contributed by atoms with Crippen LogP contribution < -0.4 is 14.3 Å². The second-order valence-corrected chi connectivity index (χ2v) is 8.74. The Labute approximate surface area is 173 Å². The highest BCUT2D eigenvalue weighted by molar-refractivity contribution is 9.10. The zero-order chi connectivity index (χ0) is 18.8. The van der Waals surface area contributed by atoms with Gasteiger partial charge in [0.1, 0.15) is 13.2 Å². The van der Waals surface area contributed by atoms with Gasteiger partial charge in [-0.05, 0) is 34.3 Å². The SMILES string of the molecule is CSCCn1c(=NC(=O)c2ccccc2Br)sc2cc3c(cc21)OCCO3. The maximum absolute atomic E-state index is 12.7. The third-order valence-electron chi connectivity index (χ3n) is 4.17. The first kappa shape index (κ1) is 18.6. The number of hydrogen-bond donors (Lipinski definition) is 0. The molecule has 8 heteroatoms. The number of carbonyl (C=O) groups is 1. The molecule has 140 valence electrons. The maximum atomic E-state index is 12.7. The Hall–Kier alpha value is -1.77. The molecule has 0 saturated heterocycles. The lowest BCUT2D eigenvalue weighted by molar-refractivity contribution is 0.0997. The van der Waals surface area contributed by atoms with Crippen molar-refractivity contribution in [1.29, 1.82) is 0 Å². The van der Waals surface area contributed by atoms with E-state index < -0.39 is 0 Å². The molecule has 0 saturated carbocycles. The number of amides is 1. The minimum Gasteiger partial charge on any atom is -0.486 e. The van der Waals surface area contributed by atoms with Crippen LogP contribution in [-0.2, 0) is 6.54 Å². The molecule has 0 spiro atoms. The number of ether oxygens (including phenoxy) is 2. The Balaban J connectivity index is 1.85. The van der Waals surface area contributed by atoms with E-state index in [2.05, 4.69) is 31.7 Å². The quantitative estimate of drug-likeness (QED) is 0.576. The first-order valence-corrected chi connectivity index (χ1v) is 11.4. The summed E-state index contributed by atoms with van der Waals surface area (Å²) >= 11 is 6.68. The number of carbonyl (C=O) groups excluding carboxylic acids is 1. The summed E-state index contributed by atoms with van der Waals surface area (Å²) in [5, 5.41) is 0. The van der Waals surface area contributed by atoms with Gasteiger partial charge in [0.05, 0.1) is 15.8 Å². The summed E-state index contributed by atoms with van der Waals surface area (Å²) in [6, 6.07) is 11.3. The van der Waals surface area contributed by atoms with E-state index in [0.29, 0.717) is 23.6 Å². The fourth-order valence-electron chi connectivity index (χ4n) is 2.87. The maximum Gasteiger partial charge on any atom is 0.280 e. The molecule has 27 heavy (non-hydrogen) atoms. The highest BCUT2D eigenvalue weighted by Crippen LogP contribution is 2.35. The number of benzene rings is 2. The number of fused-ring (bicyclic) bond motifs is 2. The van der Waals surface area contributed by atoms with E-state index in [4.69, 9.17) is 9.47 Å². The Bertz CT molecular complexity index is 1070.